The maximum absolute atomic E-state index is 13.2. The van der Waals surface area contributed by atoms with Gasteiger partial charge in [0.25, 0.3) is 5.91 Å². The van der Waals surface area contributed by atoms with Gasteiger partial charge in [-0.05, 0) is 59.2 Å². The third kappa shape index (κ3) is 3.99. The number of imidazole rings is 1. The van der Waals surface area contributed by atoms with Crippen LogP contribution in [-0.2, 0) is 19.4 Å². The lowest BCUT2D eigenvalue weighted by molar-refractivity contribution is 0.0691. The highest BCUT2D eigenvalue weighted by atomic mass is 16.5. The van der Waals surface area contributed by atoms with Crippen LogP contribution in [0.15, 0.2) is 16.9 Å². The molecule has 1 aliphatic carbocycles. The molecule has 0 bridgehead atoms. The van der Waals surface area contributed by atoms with Gasteiger partial charge in [-0.25, -0.2) is 4.98 Å². The predicted octanol–water partition coefficient (Wildman–Crippen LogP) is 2.72. The second-order valence-corrected chi connectivity index (χ2v) is 8.37. The van der Waals surface area contributed by atoms with Crippen molar-refractivity contribution in [1.29, 1.82) is 0 Å². The van der Waals surface area contributed by atoms with Crippen molar-refractivity contribution in [1.82, 2.24) is 24.5 Å². The molecule has 2 aromatic heterocycles. The van der Waals surface area contributed by atoms with Crippen LogP contribution in [0.2, 0.25) is 0 Å². The number of hydrogen-bond donors (Lipinski definition) is 0. The summed E-state index contributed by atoms with van der Waals surface area (Å²) in [6, 6.07) is 0. The second-order valence-electron chi connectivity index (χ2n) is 8.37. The van der Waals surface area contributed by atoms with E-state index in [0.717, 1.165) is 81.7 Å². The maximum Gasteiger partial charge on any atom is 0.276 e. The molecule has 0 spiro atoms. The molecule has 3 heterocycles. The lowest BCUT2D eigenvalue weighted by Crippen LogP contribution is -2.40. The fourth-order valence-electron chi connectivity index (χ4n) is 4.50. The van der Waals surface area contributed by atoms with Crippen LogP contribution in [0, 0.1) is 0 Å². The first kappa shape index (κ1) is 19.2. The number of hydrogen-bond acceptors (Lipinski definition) is 5. The Kier molecular flexibility index (Phi) is 5.80. The van der Waals surface area contributed by atoms with Gasteiger partial charge in [0.05, 0.1) is 0 Å². The summed E-state index contributed by atoms with van der Waals surface area (Å²) < 4.78 is 7.73. The number of carbonyl (C=O) groups is 1. The minimum absolute atomic E-state index is 0.0299. The summed E-state index contributed by atoms with van der Waals surface area (Å²) in [5.74, 6) is 2.34. The molecule has 4 rings (SSSR count). The average Bonchev–Trinajstić information content (AvgIpc) is 3.34. The summed E-state index contributed by atoms with van der Waals surface area (Å²) >= 11 is 0. The molecule has 1 aliphatic heterocycles. The molecule has 0 unspecified atom stereocenters. The molecule has 2 aromatic rings. The number of likely N-dealkylation sites (tertiary alicyclic amines) is 1. The summed E-state index contributed by atoms with van der Waals surface area (Å²) in [6.07, 6.45) is 11.2. The van der Waals surface area contributed by atoms with Crippen molar-refractivity contribution in [2.24, 2.45) is 0 Å². The largest absolute Gasteiger partial charge is 0.360 e. The first-order chi connectivity index (χ1) is 13.6. The number of fused-ring (bicyclic) bond motifs is 1. The number of rotatable bonds is 6. The van der Waals surface area contributed by atoms with Crippen LogP contribution in [0.5, 0.6) is 0 Å². The Balaban J connectivity index is 1.44. The minimum Gasteiger partial charge on any atom is -0.360 e. The highest BCUT2D eigenvalue weighted by Crippen LogP contribution is 2.29. The van der Waals surface area contributed by atoms with Gasteiger partial charge in [-0.15, -0.1) is 0 Å². The standard InChI is InChI=1S/C21H31N5O2/c1-24(2)11-6-13-25-14-10-22-20(25)16-7-5-12-26(15-16)21(27)19-17-8-3-4-9-18(17)28-23-19/h10,14,16H,3-9,11-13,15H2,1-2H3/t16-/m1/s1. The molecule has 28 heavy (non-hydrogen) atoms. The molecule has 0 radical (unpaired) electrons. The minimum atomic E-state index is 0.0299. The average molecular weight is 386 g/mol. The molecule has 0 N–H and O–H groups in total. The summed E-state index contributed by atoms with van der Waals surface area (Å²) in [4.78, 5) is 22.0. The third-order valence-corrected chi connectivity index (χ3v) is 5.98. The van der Waals surface area contributed by atoms with E-state index >= 15 is 0 Å². The van der Waals surface area contributed by atoms with E-state index in [9.17, 15) is 4.79 Å². The molecular formula is C21H31N5O2. The summed E-state index contributed by atoms with van der Waals surface area (Å²) in [7, 11) is 4.20. The van der Waals surface area contributed by atoms with Gasteiger partial charge in [0, 0.05) is 49.9 Å². The highest BCUT2D eigenvalue weighted by molar-refractivity contribution is 5.94. The molecule has 7 nitrogen and oxygen atoms in total. The summed E-state index contributed by atoms with van der Waals surface area (Å²) in [5, 5.41) is 4.14. The fraction of sp³-hybridized carbons (Fsp3) is 0.667. The van der Waals surface area contributed by atoms with Crippen LogP contribution < -0.4 is 0 Å². The van der Waals surface area contributed by atoms with Crippen molar-refractivity contribution in [3.8, 4) is 0 Å². The van der Waals surface area contributed by atoms with E-state index in [1.54, 1.807) is 0 Å². The molecule has 1 fully saturated rings. The van der Waals surface area contributed by atoms with Crippen LogP contribution in [0.4, 0.5) is 0 Å². The quantitative estimate of drug-likeness (QED) is 0.765. The van der Waals surface area contributed by atoms with Gasteiger partial charge < -0.3 is 18.9 Å². The maximum atomic E-state index is 13.2. The van der Waals surface area contributed by atoms with Gasteiger partial charge in [0.2, 0.25) is 0 Å². The number of amides is 1. The molecular weight excluding hydrogens is 354 g/mol. The van der Waals surface area contributed by atoms with Crippen molar-refractivity contribution in [3.05, 3.63) is 35.2 Å². The zero-order valence-corrected chi connectivity index (χ0v) is 17.1. The smallest absolute Gasteiger partial charge is 0.276 e. The monoisotopic (exact) mass is 385 g/mol. The van der Waals surface area contributed by atoms with Crippen LogP contribution in [0.3, 0.4) is 0 Å². The highest BCUT2D eigenvalue weighted by Gasteiger charge is 2.32. The van der Waals surface area contributed by atoms with Crippen LogP contribution >= 0.6 is 0 Å². The first-order valence-corrected chi connectivity index (χ1v) is 10.6. The molecule has 1 amide bonds. The number of carbonyl (C=O) groups excluding carboxylic acids is 1. The zero-order chi connectivity index (χ0) is 19.5. The number of piperidine rings is 1. The number of aryl methyl sites for hydroxylation is 2. The van der Waals surface area contributed by atoms with Gasteiger partial charge in [0.15, 0.2) is 5.69 Å². The van der Waals surface area contributed by atoms with Crippen molar-refractivity contribution >= 4 is 5.91 Å². The summed E-state index contributed by atoms with van der Waals surface area (Å²) in [6.45, 7) is 3.53. The number of nitrogens with zero attached hydrogens (tertiary/aromatic N) is 5. The van der Waals surface area contributed by atoms with E-state index in [0.29, 0.717) is 12.2 Å². The predicted molar refractivity (Wildman–Crippen MR) is 106 cm³/mol. The Labute approximate surface area is 166 Å². The molecule has 152 valence electrons. The molecule has 2 aliphatic rings. The zero-order valence-electron chi connectivity index (χ0n) is 17.1. The number of aromatic nitrogens is 3. The fourth-order valence-corrected chi connectivity index (χ4v) is 4.50. The summed E-state index contributed by atoms with van der Waals surface area (Å²) in [5.41, 5.74) is 1.59. The van der Waals surface area contributed by atoms with Gasteiger partial charge in [-0.1, -0.05) is 5.16 Å². The lowest BCUT2D eigenvalue weighted by atomic mass is 9.94. The van der Waals surface area contributed by atoms with Gasteiger partial charge in [-0.2, -0.15) is 0 Å². The van der Waals surface area contributed by atoms with Crippen LogP contribution in [-0.4, -0.2) is 64.1 Å². The Morgan fingerprint density at radius 3 is 3.00 bits per heavy atom. The van der Waals surface area contributed by atoms with Gasteiger partial charge in [0.1, 0.15) is 11.6 Å². The van der Waals surface area contributed by atoms with Crippen molar-refractivity contribution in [2.45, 2.75) is 57.4 Å². The van der Waals surface area contributed by atoms with E-state index in [1.165, 1.54) is 0 Å². The molecule has 1 atom stereocenters. The van der Waals surface area contributed by atoms with E-state index in [1.807, 2.05) is 11.1 Å². The lowest BCUT2D eigenvalue weighted by Gasteiger charge is -2.32. The third-order valence-electron chi connectivity index (χ3n) is 5.98. The van der Waals surface area contributed by atoms with E-state index in [4.69, 9.17) is 4.52 Å². The van der Waals surface area contributed by atoms with Gasteiger partial charge in [-0.3, -0.25) is 4.79 Å². The first-order valence-electron chi connectivity index (χ1n) is 10.6. The Morgan fingerprint density at radius 1 is 1.29 bits per heavy atom. The SMILES string of the molecule is CN(C)CCCn1ccnc1[C@@H]1CCCN(C(=O)c2noc3c2CCCC3)C1. The van der Waals surface area contributed by atoms with E-state index in [-0.39, 0.29) is 11.8 Å². The van der Waals surface area contributed by atoms with Gasteiger partial charge >= 0.3 is 0 Å². The Bertz CT molecular complexity index is 810. The van der Waals surface area contributed by atoms with Crippen LogP contribution in [0.25, 0.3) is 0 Å². The molecule has 7 heteroatoms. The van der Waals surface area contributed by atoms with Crippen LogP contribution in [0.1, 0.15) is 65.7 Å². The topological polar surface area (TPSA) is 67.4 Å². The Morgan fingerprint density at radius 2 is 2.14 bits per heavy atom. The van der Waals surface area contributed by atoms with Crippen molar-refractivity contribution in [2.75, 3.05) is 33.7 Å². The second kappa shape index (κ2) is 8.47. The van der Waals surface area contributed by atoms with Crippen molar-refractivity contribution in [3.63, 3.8) is 0 Å². The molecule has 0 aromatic carbocycles. The Hall–Kier alpha value is -2.15. The molecule has 1 saturated heterocycles. The normalized spacial score (nSPS) is 19.8. The van der Waals surface area contributed by atoms with E-state index < -0.39 is 0 Å². The van der Waals surface area contributed by atoms with Crippen molar-refractivity contribution < 1.29 is 9.32 Å². The van der Waals surface area contributed by atoms with E-state index in [2.05, 4.69) is 39.9 Å². The molecule has 0 saturated carbocycles.